The van der Waals surface area contributed by atoms with Crippen molar-refractivity contribution in [3.63, 3.8) is 0 Å². The highest BCUT2D eigenvalue weighted by Crippen LogP contribution is 2.35. The molecule has 1 rings (SSSR count). The van der Waals surface area contributed by atoms with Crippen molar-refractivity contribution >= 4 is 11.6 Å². The van der Waals surface area contributed by atoms with E-state index in [4.69, 9.17) is 27.0 Å². The zero-order valence-electron chi connectivity index (χ0n) is 10.3. The predicted molar refractivity (Wildman–Crippen MR) is 67.6 cm³/mol. The Bertz CT molecular complexity index is 369. The first-order chi connectivity index (χ1) is 8.08. The summed E-state index contributed by atoms with van der Waals surface area (Å²) in [5.41, 5.74) is 0.925. The molecule has 1 aromatic rings. The van der Waals surface area contributed by atoms with Crippen molar-refractivity contribution in [1.82, 2.24) is 0 Å². The molecule has 0 aromatic heterocycles. The SMILES string of the molecule is COc1cc(Cl)cc(CCON)c1OC(C)C. The van der Waals surface area contributed by atoms with E-state index in [1.165, 1.54) is 0 Å². The Morgan fingerprint density at radius 2 is 2.06 bits per heavy atom. The molecular formula is C12H18ClNO3. The number of hydrogen-bond donors (Lipinski definition) is 1. The van der Waals surface area contributed by atoms with Crippen LogP contribution in [0.25, 0.3) is 0 Å². The molecule has 0 spiro atoms. The van der Waals surface area contributed by atoms with Crippen molar-refractivity contribution < 1.29 is 14.3 Å². The van der Waals surface area contributed by atoms with Gasteiger partial charge >= 0.3 is 0 Å². The fourth-order valence-corrected chi connectivity index (χ4v) is 1.73. The van der Waals surface area contributed by atoms with Crippen LogP contribution in [0.1, 0.15) is 19.4 Å². The molecule has 0 atom stereocenters. The second-order valence-corrected chi connectivity index (χ2v) is 4.32. The third kappa shape index (κ3) is 4.07. The Morgan fingerprint density at radius 3 is 2.59 bits per heavy atom. The molecule has 0 fully saturated rings. The molecule has 2 N–H and O–H groups in total. The number of methoxy groups -OCH3 is 1. The van der Waals surface area contributed by atoms with Gasteiger partial charge in [0.05, 0.1) is 19.8 Å². The van der Waals surface area contributed by atoms with Gasteiger partial charge in [0.1, 0.15) is 0 Å². The minimum absolute atomic E-state index is 0.0580. The molecule has 0 aliphatic carbocycles. The molecule has 0 bridgehead atoms. The standard InChI is InChI=1S/C12H18ClNO3/c1-8(2)17-12-9(4-5-16-14)6-10(13)7-11(12)15-3/h6-8H,4-5,14H2,1-3H3. The predicted octanol–water partition coefficient (Wildman–Crippen LogP) is 2.57. The lowest BCUT2D eigenvalue weighted by Crippen LogP contribution is -2.11. The van der Waals surface area contributed by atoms with E-state index < -0.39 is 0 Å². The van der Waals surface area contributed by atoms with Gasteiger partial charge in [-0.2, -0.15) is 0 Å². The van der Waals surface area contributed by atoms with Gasteiger partial charge in [0, 0.05) is 23.1 Å². The average molecular weight is 260 g/mol. The van der Waals surface area contributed by atoms with Crippen LogP contribution in [0.15, 0.2) is 12.1 Å². The third-order valence-corrected chi connectivity index (χ3v) is 2.38. The van der Waals surface area contributed by atoms with Gasteiger partial charge in [-0.25, -0.2) is 5.90 Å². The van der Waals surface area contributed by atoms with Gasteiger partial charge in [0.2, 0.25) is 0 Å². The molecule has 0 aliphatic rings. The molecule has 0 saturated carbocycles. The van der Waals surface area contributed by atoms with Gasteiger partial charge in [-0.1, -0.05) is 11.6 Å². The van der Waals surface area contributed by atoms with E-state index in [2.05, 4.69) is 4.84 Å². The van der Waals surface area contributed by atoms with E-state index in [1.807, 2.05) is 19.9 Å². The fourth-order valence-electron chi connectivity index (χ4n) is 1.50. The van der Waals surface area contributed by atoms with E-state index in [-0.39, 0.29) is 6.10 Å². The van der Waals surface area contributed by atoms with Gasteiger partial charge < -0.3 is 14.3 Å². The van der Waals surface area contributed by atoms with Gasteiger partial charge in [-0.05, 0) is 19.9 Å². The van der Waals surface area contributed by atoms with Crippen LogP contribution in [0, 0.1) is 0 Å². The number of nitrogens with two attached hydrogens (primary N) is 1. The average Bonchev–Trinajstić information content (AvgIpc) is 2.28. The molecular weight excluding hydrogens is 242 g/mol. The number of benzene rings is 1. The number of halogens is 1. The van der Waals surface area contributed by atoms with Crippen molar-refractivity contribution in [2.24, 2.45) is 5.90 Å². The second-order valence-electron chi connectivity index (χ2n) is 3.88. The van der Waals surface area contributed by atoms with E-state index in [0.717, 1.165) is 5.56 Å². The summed E-state index contributed by atoms with van der Waals surface area (Å²) in [4.78, 5) is 4.58. The minimum Gasteiger partial charge on any atom is -0.493 e. The zero-order chi connectivity index (χ0) is 12.8. The van der Waals surface area contributed by atoms with Crippen LogP contribution in [0.5, 0.6) is 11.5 Å². The van der Waals surface area contributed by atoms with Gasteiger partial charge in [-0.15, -0.1) is 0 Å². The van der Waals surface area contributed by atoms with Crippen molar-refractivity contribution in [2.75, 3.05) is 13.7 Å². The molecule has 0 aliphatic heterocycles. The third-order valence-electron chi connectivity index (χ3n) is 2.16. The van der Waals surface area contributed by atoms with Crippen LogP contribution in [0.3, 0.4) is 0 Å². The highest BCUT2D eigenvalue weighted by atomic mass is 35.5. The van der Waals surface area contributed by atoms with E-state index in [1.54, 1.807) is 13.2 Å². The lowest BCUT2D eigenvalue weighted by molar-refractivity contribution is 0.139. The van der Waals surface area contributed by atoms with E-state index in [9.17, 15) is 0 Å². The number of hydrogen-bond acceptors (Lipinski definition) is 4. The first kappa shape index (κ1) is 14.1. The first-order valence-electron chi connectivity index (χ1n) is 5.43. The highest BCUT2D eigenvalue weighted by Gasteiger charge is 2.14. The van der Waals surface area contributed by atoms with Crippen molar-refractivity contribution in [3.8, 4) is 11.5 Å². The first-order valence-corrected chi connectivity index (χ1v) is 5.81. The maximum Gasteiger partial charge on any atom is 0.164 e. The Balaban J connectivity index is 3.08. The van der Waals surface area contributed by atoms with Crippen LogP contribution in [0.2, 0.25) is 5.02 Å². The molecule has 5 heteroatoms. The van der Waals surface area contributed by atoms with Crippen molar-refractivity contribution in [2.45, 2.75) is 26.4 Å². The Labute approximate surface area is 107 Å². The number of ether oxygens (including phenoxy) is 2. The molecule has 17 heavy (non-hydrogen) atoms. The molecule has 0 radical (unpaired) electrons. The van der Waals surface area contributed by atoms with E-state index >= 15 is 0 Å². The highest BCUT2D eigenvalue weighted by molar-refractivity contribution is 6.30. The van der Waals surface area contributed by atoms with Crippen molar-refractivity contribution in [3.05, 3.63) is 22.7 Å². The fraction of sp³-hybridized carbons (Fsp3) is 0.500. The summed E-state index contributed by atoms with van der Waals surface area (Å²) in [5.74, 6) is 6.35. The second kappa shape index (κ2) is 6.69. The Kier molecular flexibility index (Phi) is 5.55. The lowest BCUT2D eigenvalue weighted by Gasteiger charge is -2.17. The van der Waals surface area contributed by atoms with Gasteiger partial charge in [0.15, 0.2) is 11.5 Å². The van der Waals surface area contributed by atoms with Crippen LogP contribution in [0.4, 0.5) is 0 Å². The monoisotopic (exact) mass is 259 g/mol. The maximum atomic E-state index is 6.01. The van der Waals surface area contributed by atoms with E-state index in [0.29, 0.717) is 29.5 Å². The van der Waals surface area contributed by atoms with Gasteiger partial charge in [-0.3, -0.25) is 0 Å². The quantitative estimate of drug-likeness (QED) is 0.798. The normalized spacial score (nSPS) is 10.7. The van der Waals surface area contributed by atoms with Crippen molar-refractivity contribution in [1.29, 1.82) is 0 Å². The molecule has 0 unspecified atom stereocenters. The van der Waals surface area contributed by atoms with Crippen LogP contribution >= 0.6 is 11.6 Å². The largest absolute Gasteiger partial charge is 0.493 e. The summed E-state index contributed by atoms with van der Waals surface area (Å²) >= 11 is 6.01. The van der Waals surface area contributed by atoms with Crippen LogP contribution in [-0.2, 0) is 11.3 Å². The summed E-state index contributed by atoms with van der Waals surface area (Å²) in [6.07, 6.45) is 0.678. The summed E-state index contributed by atoms with van der Waals surface area (Å²) in [6.45, 7) is 4.31. The topological polar surface area (TPSA) is 53.7 Å². The van der Waals surface area contributed by atoms with Crippen LogP contribution < -0.4 is 15.4 Å². The summed E-state index contributed by atoms with van der Waals surface area (Å²) in [5, 5.41) is 0.602. The minimum atomic E-state index is 0.0580. The maximum absolute atomic E-state index is 6.01. The summed E-state index contributed by atoms with van der Waals surface area (Å²) in [6, 6.07) is 3.56. The lowest BCUT2D eigenvalue weighted by atomic mass is 10.1. The molecule has 1 aromatic carbocycles. The molecule has 0 heterocycles. The summed E-state index contributed by atoms with van der Waals surface area (Å²) < 4.78 is 11.0. The Hall–Kier alpha value is -0.970. The Morgan fingerprint density at radius 1 is 1.35 bits per heavy atom. The van der Waals surface area contributed by atoms with Crippen LogP contribution in [-0.4, -0.2) is 19.8 Å². The molecule has 4 nitrogen and oxygen atoms in total. The zero-order valence-corrected chi connectivity index (χ0v) is 11.1. The molecule has 0 amide bonds. The smallest absolute Gasteiger partial charge is 0.164 e. The summed E-state index contributed by atoms with van der Waals surface area (Å²) in [7, 11) is 1.59. The molecule has 0 saturated heterocycles. The number of rotatable bonds is 6. The molecule has 96 valence electrons. The van der Waals surface area contributed by atoms with Gasteiger partial charge in [0.25, 0.3) is 0 Å².